The number of imidazole rings is 1. The fraction of sp³-hybridized carbons (Fsp3) is 0.600. The minimum absolute atomic E-state index is 0.0993. The Bertz CT molecular complexity index is 923. The van der Waals surface area contributed by atoms with Crippen LogP contribution in [0.15, 0.2) is 14.7 Å². The highest BCUT2D eigenvalue weighted by Crippen LogP contribution is 2.19. The van der Waals surface area contributed by atoms with Crippen LogP contribution < -0.4 is 16.6 Å². The van der Waals surface area contributed by atoms with Crippen LogP contribution in [0.3, 0.4) is 0 Å². The highest BCUT2D eigenvalue weighted by Gasteiger charge is 2.19. The SMILES string of the molecule is Cn1c(=O)c2c(nc(SCC(=O)NC[C@@H]3CCCO3)n2C)n(C)c1=O. The molecule has 0 aliphatic carbocycles. The summed E-state index contributed by atoms with van der Waals surface area (Å²) in [6.07, 6.45) is 2.10. The molecule has 0 radical (unpaired) electrons. The van der Waals surface area contributed by atoms with Gasteiger partial charge in [0.05, 0.1) is 11.9 Å². The molecule has 1 aliphatic heterocycles. The molecule has 25 heavy (non-hydrogen) atoms. The number of nitrogens with zero attached hydrogens (tertiary/aromatic N) is 4. The third-order valence-corrected chi connectivity index (χ3v) is 5.35. The number of hydrogen-bond acceptors (Lipinski definition) is 6. The van der Waals surface area contributed by atoms with E-state index in [1.165, 1.54) is 23.4 Å². The largest absolute Gasteiger partial charge is 0.376 e. The summed E-state index contributed by atoms with van der Waals surface area (Å²) in [5.74, 6) is 0.0624. The lowest BCUT2D eigenvalue weighted by atomic mass is 10.2. The molecule has 1 N–H and O–H groups in total. The maximum absolute atomic E-state index is 12.3. The first kappa shape index (κ1) is 17.7. The Hall–Kier alpha value is -2.07. The van der Waals surface area contributed by atoms with Gasteiger partial charge in [-0.3, -0.25) is 18.7 Å². The minimum Gasteiger partial charge on any atom is -0.376 e. The van der Waals surface area contributed by atoms with Gasteiger partial charge in [0, 0.05) is 34.3 Å². The number of nitrogens with one attached hydrogen (secondary N) is 1. The van der Waals surface area contributed by atoms with Crippen LogP contribution in [0, 0.1) is 0 Å². The van der Waals surface area contributed by atoms with Crippen molar-refractivity contribution in [3.63, 3.8) is 0 Å². The summed E-state index contributed by atoms with van der Waals surface area (Å²) in [5.41, 5.74) is -0.172. The van der Waals surface area contributed by atoms with E-state index >= 15 is 0 Å². The topological polar surface area (TPSA) is 100 Å². The fourth-order valence-electron chi connectivity index (χ4n) is 2.84. The number of carbonyl (C=O) groups is 1. The van der Waals surface area contributed by atoms with Gasteiger partial charge in [-0.2, -0.15) is 0 Å². The van der Waals surface area contributed by atoms with Crippen LogP contribution in [-0.2, 0) is 30.7 Å². The molecule has 2 aromatic rings. The molecular formula is C15H21N5O4S. The number of amides is 1. The second kappa shape index (κ2) is 7.04. The van der Waals surface area contributed by atoms with Crippen molar-refractivity contribution in [2.75, 3.05) is 18.9 Å². The maximum atomic E-state index is 12.3. The Labute approximate surface area is 148 Å². The highest BCUT2D eigenvalue weighted by molar-refractivity contribution is 7.99. The summed E-state index contributed by atoms with van der Waals surface area (Å²) < 4.78 is 9.47. The van der Waals surface area contributed by atoms with Gasteiger partial charge in [-0.15, -0.1) is 0 Å². The van der Waals surface area contributed by atoms with Crippen LogP contribution in [0.5, 0.6) is 0 Å². The third-order valence-electron chi connectivity index (χ3n) is 4.32. The molecule has 3 rings (SSSR count). The van der Waals surface area contributed by atoms with Gasteiger partial charge in [-0.05, 0) is 12.8 Å². The van der Waals surface area contributed by atoms with Gasteiger partial charge < -0.3 is 14.6 Å². The number of carbonyl (C=O) groups excluding carboxylic acids is 1. The van der Waals surface area contributed by atoms with E-state index in [4.69, 9.17) is 4.74 Å². The van der Waals surface area contributed by atoms with Crippen LogP contribution in [0.1, 0.15) is 12.8 Å². The van der Waals surface area contributed by atoms with Crippen molar-refractivity contribution in [1.29, 1.82) is 0 Å². The van der Waals surface area contributed by atoms with Gasteiger partial charge in [0.25, 0.3) is 5.56 Å². The molecule has 1 saturated heterocycles. The molecule has 0 spiro atoms. The zero-order valence-corrected chi connectivity index (χ0v) is 15.3. The van der Waals surface area contributed by atoms with Crippen LogP contribution in [-0.4, -0.2) is 49.6 Å². The fourth-order valence-corrected chi connectivity index (χ4v) is 3.64. The van der Waals surface area contributed by atoms with Crippen molar-refractivity contribution in [2.24, 2.45) is 21.1 Å². The van der Waals surface area contributed by atoms with Gasteiger partial charge in [0.1, 0.15) is 0 Å². The summed E-state index contributed by atoms with van der Waals surface area (Å²) in [4.78, 5) is 40.7. The van der Waals surface area contributed by atoms with Crippen LogP contribution >= 0.6 is 11.8 Å². The molecule has 10 heteroatoms. The molecule has 0 bridgehead atoms. The van der Waals surface area contributed by atoms with Crippen LogP contribution in [0.25, 0.3) is 11.2 Å². The lowest BCUT2D eigenvalue weighted by Crippen LogP contribution is -2.37. The molecule has 0 aromatic carbocycles. The molecule has 1 amide bonds. The quantitative estimate of drug-likeness (QED) is 0.706. The average Bonchev–Trinajstić information content (AvgIpc) is 3.22. The Balaban J connectivity index is 1.73. The molecule has 136 valence electrons. The molecule has 1 fully saturated rings. The Morgan fingerprint density at radius 1 is 1.28 bits per heavy atom. The third kappa shape index (κ3) is 3.36. The van der Waals surface area contributed by atoms with Crippen LogP contribution in [0.4, 0.5) is 0 Å². The summed E-state index contributed by atoms with van der Waals surface area (Å²) in [5, 5.41) is 3.36. The number of ether oxygens (including phenoxy) is 1. The summed E-state index contributed by atoms with van der Waals surface area (Å²) >= 11 is 1.23. The number of thioether (sulfide) groups is 1. The van der Waals surface area contributed by atoms with Crippen molar-refractivity contribution in [1.82, 2.24) is 24.0 Å². The van der Waals surface area contributed by atoms with Crippen molar-refractivity contribution < 1.29 is 9.53 Å². The molecular weight excluding hydrogens is 346 g/mol. The second-order valence-corrected chi connectivity index (χ2v) is 7.00. The van der Waals surface area contributed by atoms with E-state index in [1.54, 1.807) is 18.7 Å². The van der Waals surface area contributed by atoms with Gasteiger partial charge in [0.15, 0.2) is 16.3 Å². The zero-order valence-electron chi connectivity index (χ0n) is 14.4. The Morgan fingerprint density at radius 3 is 2.72 bits per heavy atom. The Morgan fingerprint density at radius 2 is 2.04 bits per heavy atom. The molecule has 0 unspecified atom stereocenters. The predicted octanol–water partition coefficient (Wildman–Crippen LogP) is -0.642. The number of aromatic nitrogens is 4. The molecule has 0 saturated carbocycles. The molecule has 9 nitrogen and oxygen atoms in total. The molecule has 3 heterocycles. The van der Waals surface area contributed by atoms with E-state index < -0.39 is 11.2 Å². The van der Waals surface area contributed by atoms with E-state index in [0.717, 1.165) is 24.0 Å². The smallest absolute Gasteiger partial charge is 0.332 e. The lowest BCUT2D eigenvalue weighted by molar-refractivity contribution is -0.119. The zero-order chi connectivity index (χ0) is 18.1. The van der Waals surface area contributed by atoms with Gasteiger partial charge in [0.2, 0.25) is 5.91 Å². The minimum atomic E-state index is -0.429. The lowest BCUT2D eigenvalue weighted by Gasteiger charge is -2.10. The van der Waals surface area contributed by atoms with Gasteiger partial charge in [-0.25, -0.2) is 9.78 Å². The first-order valence-electron chi connectivity index (χ1n) is 8.03. The standard InChI is InChI=1S/C15H21N5O4S/c1-18-11-12(19(2)15(23)20(3)13(11)22)17-14(18)25-8-10(21)16-7-9-5-4-6-24-9/h9H,4-8H2,1-3H3,(H,16,21)/t9-/m0/s1. The average molecular weight is 367 g/mol. The van der Waals surface area contributed by atoms with E-state index in [0.29, 0.717) is 22.9 Å². The van der Waals surface area contributed by atoms with E-state index in [-0.39, 0.29) is 17.8 Å². The van der Waals surface area contributed by atoms with Crippen molar-refractivity contribution in [3.05, 3.63) is 20.8 Å². The van der Waals surface area contributed by atoms with Gasteiger partial charge >= 0.3 is 5.69 Å². The van der Waals surface area contributed by atoms with Crippen LogP contribution in [0.2, 0.25) is 0 Å². The molecule has 2 aromatic heterocycles. The van der Waals surface area contributed by atoms with E-state index in [9.17, 15) is 14.4 Å². The van der Waals surface area contributed by atoms with E-state index in [1.807, 2.05) is 0 Å². The molecule has 1 aliphatic rings. The Kier molecular flexibility index (Phi) is 5.00. The summed E-state index contributed by atoms with van der Waals surface area (Å²) in [7, 11) is 4.70. The number of hydrogen-bond donors (Lipinski definition) is 1. The normalized spacial score (nSPS) is 17.3. The maximum Gasteiger partial charge on any atom is 0.332 e. The first-order chi connectivity index (χ1) is 11.9. The summed E-state index contributed by atoms with van der Waals surface area (Å²) in [6.45, 7) is 1.26. The predicted molar refractivity (Wildman–Crippen MR) is 93.9 cm³/mol. The summed E-state index contributed by atoms with van der Waals surface area (Å²) in [6, 6.07) is 0. The number of rotatable bonds is 5. The number of fused-ring (bicyclic) bond motifs is 1. The first-order valence-corrected chi connectivity index (χ1v) is 9.02. The highest BCUT2D eigenvalue weighted by atomic mass is 32.2. The van der Waals surface area contributed by atoms with Crippen molar-refractivity contribution >= 4 is 28.8 Å². The van der Waals surface area contributed by atoms with Gasteiger partial charge in [-0.1, -0.05) is 11.8 Å². The molecule has 1 atom stereocenters. The monoisotopic (exact) mass is 367 g/mol. The van der Waals surface area contributed by atoms with E-state index in [2.05, 4.69) is 10.3 Å². The van der Waals surface area contributed by atoms with Crippen molar-refractivity contribution in [2.45, 2.75) is 24.1 Å². The number of aryl methyl sites for hydroxylation is 2. The second-order valence-electron chi connectivity index (χ2n) is 6.06. The van der Waals surface area contributed by atoms with Crippen molar-refractivity contribution in [3.8, 4) is 0 Å².